The van der Waals surface area contributed by atoms with Gasteiger partial charge in [0.15, 0.2) is 0 Å². The van der Waals surface area contributed by atoms with Crippen LogP contribution in [0.2, 0.25) is 0 Å². The minimum atomic E-state index is -0.496. The molecule has 1 fully saturated rings. The van der Waals surface area contributed by atoms with Crippen molar-refractivity contribution in [1.29, 1.82) is 0 Å². The van der Waals surface area contributed by atoms with Gasteiger partial charge in [0.25, 0.3) is 5.91 Å². The lowest BCUT2D eigenvalue weighted by Gasteiger charge is -2.16. The van der Waals surface area contributed by atoms with Crippen molar-refractivity contribution in [3.8, 4) is 0 Å². The number of rotatable bonds is 4. The molecule has 0 aliphatic heterocycles. The lowest BCUT2D eigenvalue weighted by molar-refractivity contribution is 0.0872. The Balaban J connectivity index is 1.58. The third-order valence-corrected chi connectivity index (χ3v) is 3.91. The summed E-state index contributed by atoms with van der Waals surface area (Å²) in [5.41, 5.74) is 0.565. The number of imidazole rings is 1. The largest absolute Gasteiger partial charge is 0.391 e. The van der Waals surface area contributed by atoms with Crippen LogP contribution in [0.3, 0.4) is 0 Å². The van der Waals surface area contributed by atoms with Crippen molar-refractivity contribution in [2.24, 2.45) is 5.92 Å². The molecule has 0 bridgehead atoms. The number of pyridine rings is 1. The van der Waals surface area contributed by atoms with Crippen LogP contribution < -0.4 is 5.32 Å². The predicted molar refractivity (Wildman–Crippen MR) is 76.4 cm³/mol. The molecule has 6 nitrogen and oxygen atoms in total. The lowest BCUT2D eigenvalue weighted by atomic mass is 10.1. The molecule has 2 heterocycles. The molecule has 3 rings (SSSR count). The van der Waals surface area contributed by atoms with E-state index >= 15 is 0 Å². The van der Waals surface area contributed by atoms with E-state index in [1.807, 2.05) is 10.8 Å². The monoisotopic (exact) mass is 286 g/mol. The van der Waals surface area contributed by atoms with E-state index in [1.165, 1.54) is 0 Å². The summed E-state index contributed by atoms with van der Waals surface area (Å²) in [6, 6.07) is 3.14. The first kappa shape index (κ1) is 13.8. The van der Waals surface area contributed by atoms with E-state index in [1.54, 1.807) is 37.1 Å². The number of aliphatic hydroxyl groups is 1. The Morgan fingerprint density at radius 2 is 2.10 bits per heavy atom. The maximum Gasteiger partial charge on any atom is 0.251 e. The molecule has 2 aromatic heterocycles. The summed E-state index contributed by atoms with van der Waals surface area (Å²) in [6.45, 7) is 0.818. The summed E-state index contributed by atoms with van der Waals surface area (Å²) < 4.78 is 2.00. The Morgan fingerprint density at radius 1 is 1.29 bits per heavy atom. The highest BCUT2D eigenvalue weighted by atomic mass is 16.3. The number of aromatic nitrogens is 3. The van der Waals surface area contributed by atoms with Crippen molar-refractivity contribution in [2.45, 2.75) is 31.5 Å². The number of hydrogen-bond donors (Lipinski definition) is 2. The highest BCUT2D eigenvalue weighted by molar-refractivity contribution is 5.94. The molecule has 21 heavy (non-hydrogen) atoms. The zero-order chi connectivity index (χ0) is 14.7. The number of carbonyl (C=O) groups excluding carboxylic acids is 1. The summed E-state index contributed by atoms with van der Waals surface area (Å²) in [5.74, 6) is 0.182. The SMILES string of the molecule is O=C(N[C@@H]1CC(Cn2ccnc2)C[C@H]1O)c1ccncc1. The molecule has 2 aromatic rings. The van der Waals surface area contributed by atoms with E-state index in [0.29, 0.717) is 17.9 Å². The van der Waals surface area contributed by atoms with Crippen LogP contribution in [0.25, 0.3) is 0 Å². The smallest absolute Gasteiger partial charge is 0.251 e. The Labute approximate surface area is 122 Å². The summed E-state index contributed by atoms with van der Waals surface area (Å²) in [4.78, 5) is 20.0. The molecule has 110 valence electrons. The molecule has 1 saturated carbocycles. The van der Waals surface area contributed by atoms with Gasteiger partial charge in [-0.15, -0.1) is 0 Å². The van der Waals surface area contributed by atoms with Crippen molar-refractivity contribution < 1.29 is 9.90 Å². The van der Waals surface area contributed by atoms with Crippen LogP contribution in [0.5, 0.6) is 0 Å². The van der Waals surface area contributed by atoms with E-state index in [4.69, 9.17) is 0 Å². The van der Waals surface area contributed by atoms with Crippen LogP contribution in [0, 0.1) is 5.92 Å². The molecule has 1 aliphatic carbocycles. The van der Waals surface area contributed by atoms with Gasteiger partial charge in [0, 0.05) is 36.9 Å². The van der Waals surface area contributed by atoms with Crippen LogP contribution in [0.15, 0.2) is 43.2 Å². The Hall–Kier alpha value is -2.21. The van der Waals surface area contributed by atoms with Gasteiger partial charge in [-0.2, -0.15) is 0 Å². The first-order chi connectivity index (χ1) is 10.2. The minimum Gasteiger partial charge on any atom is -0.391 e. The molecular weight excluding hydrogens is 268 g/mol. The number of nitrogens with one attached hydrogen (secondary N) is 1. The fourth-order valence-corrected chi connectivity index (χ4v) is 2.87. The van der Waals surface area contributed by atoms with Crippen LogP contribution in [-0.4, -0.2) is 37.7 Å². The number of hydrogen-bond acceptors (Lipinski definition) is 4. The maximum absolute atomic E-state index is 12.1. The van der Waals surface area contributed by atoms with Crippen molar-refractivity contribution in [1.82, 2.24) is 19.9 Å². The molecule has 1 aliphatic rings. The van der Waals surface area contributed by atoms with Crippen molar-refractivity contribution in [3.05, 3.63) is 48.8 Å². The second kappa shape index (κ2) is 6.05. The minimum absolute atomic E-state index is 0.162. The third-order valence-electron chi connectivity index (χ3n) is 3.91. The normalized spacial score (nSPS) is 24.9. The summed E-state index contributed by atoms with van der Waals surface area (Å²) >= 11 is 0. The predicted octanol–water partition coefficient (Wildman–Crippen LogP) is 0.848. The van der Waals surface area contributed by atoms with Crippen LogP contribution in [0.1, 0.15) is 23.2 Å². The number of nitrogens with zero attached hydrogens (tertiary/aromatic N) is 3. The van der Waals surface area contributed by atoms with Gasteiger partial charge < -0.3 is 15.0 Å². The Bertz CT molecular complexity index is 585. The highest BCUT2D eigenvalue weighted by Gasteiger charge is 2.34. The van der Waals surface area contributed by atoms with Gasteiger partial charge in [-0.05, 0) is 30.9 Å². The zero-order valence-electron chi connectivity index (χ0n) is 11.6. The third kappa shape index (κ3) is 3.28. The molecule has 0 radical (unpaired) electrons. The molecule has 0 aromatic carbocycles. The summed E-state index contributed by atoms with van der Waals surface area (Å²) in [6.07, 6.45) is 9.57. The Morgan fingerprint density at radius 3 is 2.81 bits per heavy atom. The van der Waals surface area contributed by atoms with Gasteiger partial charge >= 0.3 is 0 Å². The summed E-state index contributed by atoms with van der Waals surface area (Å²) in [7, 11) is 0. The second-order valence-corrected chi connectivity index (χ2v) is 5.48. The van der Waals surface area contributed by atoms with Crippen molar-refractivity contribution in [3.63, 3.8) is 0 Å². The topological polar surface area (TPSA) is 80.0 Å². The zero-order valence-corrected chi connectivity index (χ0v) is 11.6. The second-order valence-electron chi connectivity index (χ2n) is 5.48. The van der Waals surface area contributed by atoms with Crippen molar-refractivity contribution in [2.75, 3.05) is 0 Å². The molecule has 6 heteroatoms. The highest BCUT2D eigenvalue weighted by Crippen LogP contribution is 2.27. The van der Waals surface area contributed by atoms with Crippen LogP contribution in [0.4, 0.5) is 0 Å². The fourth-order valence-electron chi connectivity index (χ4n) is 2.87. The van der Waals surface area contributed by atoms with E-state index in [-0.39, 0.29) is 11.9 Å². The van der Waals surface area contributed by atoms with Gasteiger partial charge in [0.2, 0.25) is 0 Å². The molecule has 1 unspecified atom stereocenters. The number of carbonyl (C=O) groups is 1. The average Bonchev–Trinajstić information content (AvgIpc) is 3.11. The molecule has 0 spiro atoms. The molecule has 2 N–H and O–H groups in total. The van der Waals surface area contributed by atoms with E-state index in [0.717, 1.165) is 13.0 Å². The first-order valence-corrected chi connectivity index (χ1v) is 7.07. The van der Waals surface area contributed by atoms with Gasteiger partial charge in [0.05, 0.1) is 18.5 Å². The van der Waals surface area contributed by atoms with Gasteiger partial charge in [0.1, 0.15) is 0 Å². The van der Waals surface area contributed by atoms with Crippen molar-refractivity contribution >= 4 is 5.91 Å². The maximum atomic E-state index is 12.1. The Kier molecular flexibility index (Phi) is 3.96. The van der Waals surface area contributed by atoms with E-state index in [9.17, 15) is 9.90 Å². The molecule has 3 atom stereocenters. The van der Waals surface area contributed by atoms with Gasteiger partial charge in [-0.3, -0.25) is 9.78 Å². The quantitative estimate of drug-likeness (QED) is 0.873. The van der Waals surface area contributed by atoms with Crippen LogP contribution >= 0.6 is 0 Å². The van der Waals surface area contributed by atoms with Gasteiger partial charge in [-0.1, -0.05) is 0 Å². The number of aliphatic hydroxyl groups excluding tert-OH is 1. The number of amides is 1. The molecule has 1 amide bonds. The summed E-state index contributed by atoms with van der Waals surface area (Å²) in [5, 5.41) is 13.0. The molecule has 0 saturated heterocycles. The molecular formula is C15H18N4O2. The van der Waals surface area contributed by atoms with E-state index < -0.39 is 6.10 Å². The first-order valence-electron chi connectivity index (χ1n) is 7.07. The fraction of sp³-hybridized carbons (Fsp3) is 0.400. The lowest BCUT2D eigenvalue weighted by Crippen LogP contribution is -2.39. The van der Waals surface area contributed by atoms with Gasteiger partial charge in [-0.25, -0.2) is 4.98 Å². The standard InChI is InChI=1S/C15H18N4O2/c20-14-8-11(9-19-6-5-17-10-19)7-13(14)18-15(21)12-1-3-16-4-2-12/h1-6,10-11,13-14,20H,7-9H2,(H,18,21)/t11?,13-,14-/m1/s1. The van der Waals surface area contributed by atoms with Crippen LogP contribution in [-0.2, 0) is 6.54 Å². The van der Waals surface area contributed by atoms with E-state index in [2.05, 4.69) is 15.3 Å². The average molecular weight is 286 g/mol.